The van der Waals surface area contributed by atoms with E-state index < -0.39 is 0 Å². The van der Waals surface area contributed by atoms with Crippen molar-refractivity contribution in [2.75, 3.05) is 18.9 Å². The molecule has 0 heterocycles. The SMILES string of the molecule is C[C@@H](C(=O)NC1CCCC1)N(C)CC(=O)Nc1ccccc1Cl. The summed E-state index contributed by atoms with van der Waals surface area (Å²) >= 11 is 6.02. The summed E-state index contributed by atoms with van der Waals surface area (Å²) in [6.07, 6.45) is 4.45. The van der Waals surface area contributed by atoms with E-state index in [0.29, 0.717) is 10.7 Å². The quantitative estimate of drug-likeness (QED) is 0.839. The first-order chi connectivity index (χ1) is 11.0. The van der Waals surface area contributed by atoms with Gasteiger partial charge in [0.05, 0.1) is 23.3 Å². The summed E-state index contributed by atoms with van der Waals surface area (Å²) in [5.74, 6) is -0.217. The van der Waals surface area contributed by atoms with Crippen LogP contribution in [0.4, 0.5) is 5.69 Å². The zero-order chi connectivity index (χ0) is 16.8. The van der Waals surface area contributed by atoms with E-state index in [-0.39, 0.29) is 30.4 Å². The second-order valence-corrected chi connectivity index (χ2v) is 6.52. The smallest absolute Gasteiger partial charge is 0.238 e. The molecular weight excluding hydrogens is 314 g/mol. The maximum absolute atomic E-state index is 12.2. The Morgan fingerprint density at radius 1 is 1.30 bits per heavy atom. The number of benzene rings is 1. The number of rotatable bonds is 6. The van der Waals surface area contributed by atoms with Crippen LogP contribution in [0.2, 0.25) is 5.02 Å². The van der Waals surface area contributed by atoms with Crippen LogP contribution in [0, 0.1) is 0 Å². The number of nitrogens with zero attached hydrogens (tertiary/aromatic N) is 1. The number of hydrogen-bond acceptors (Lipinski definition) is 3. The molecule has 5 nitrogen and oxygen atoms in total. The molecule has 2 rings (SSSR count). The summed E-state index contributed by atoms with van der Waals surface area (Å²) in [6.45, 7) is 1.94. The van der Waals surface area contributed by atoms with E-state index in [1.165, 1.54) is 12.8 Å². The molecule has 0 aliphatic heterocycles. The lowest BCUT2D eigenvalue weighted by Gasteiger charge is -2.25. The molecule has 1 saturated carbocycles. The minimum absolute atomic E-state index is 0.0232. The Balaban J connectivity index is 1.82. The molecule has 0 aromatic heterocycles. The lowest BCUT2D eigenvalue weighted by molar-refractivity contribution is -0.127. The number of halogens is 1. The van der Waals surface area contributed by atoms with Crippen LogP contribution in [0.25, 0.3) is 0 Å². The number of amides is 2. The topological polar surface area (TPSA) is 61.4 Å². The van der Waals surface area contributed by atoms with E-state index in [1.807, 2.05) is 13.0 Å². The standard InChI is InChI=1S/C17H24ClN3O2/c1-12(17(23)19-13-7-3-4-8-13)21(2)11-16(22)20-15-10-6-5-9-14(15)18/h5-6,9-10,12-13H,3-4,7-8,11H2,1-2H3,(H,19,23)(H,20,22)/t12-/m0/s1. The third-order valence-corrected chi connectivity index (χ3v) is 4.61. The van der Waals surface area contributed by atoms with Crippen molar-refractivity contribution in [3.05, 3.63) is 29.3 Å². The molecule has 1 aliphatic rings. The van der Waals surface area contributed by atoms with Crippen LogP contribution in [0.1, 0.15) is 32.6 Å². The van der Waals surface area contributed by atoms with Crippen LogP contribution in [0.15, 0.2) is 24.3 Å². The normalized spacial score (nSPS) is 16.3. The summed E-state index contributed by atoms with van der Waals surface area (Å²) in [6, 6.07) is 7.01. The largest absolute Gasteiger partial charge is 0.352 e. The lowest BCUT2D eigenvalue weighted by atomic mass is 10.2. The predicted molar refractivity (Wildman–Crippen MR) is 92.6 cm³/mol. The summed E-state index contributed by atoms with van der Waals surface area (Å²) in [5, 5.41) is 6.32. The fourth-order valence-electron chi connectivity index (χ4n) is 2.71. The van der Waals surface area contributed by atoms with E-state index in [4.69, 9.17) is 11.6 Å². The van der Waals surface area contributed by atoms with Crippen LogP contribution < -0.4 is 10.6 Å². The van der Waals surface area contributed by atoms with Crippen molar-refractivity contribution in [2.24, 2.45) is 0 Å². The van der Waals surface area contributed by atoms with Crippen LogP contribution in [-0.4, -0.2) is 42.4 Å². The van der Waals surface area contributed by atoms with E-state index in [9.17, 15) is 9.59 Å². The van der Waals surface area contributed by atoms with Gasteiger partial charge in [-0.1, -0.05) is 36.6 Å². The maximum atomic E-state index is 12.2. The van der Waals surface area contributed by atoms with E-state index in [1.54, 1.807) is 30.1 Å². The first-order valence-electron chi connectivity index (χ1n) is 8.02. The fraction of sp³-hybridized carbons (Fsp3) is 0.529. The average Bonchev–Trinajstić information content (AvgIpc) is 3.01. The molecule has 1 aromatic carbocycles. The monoisotopic (exact) mass is 337 g/mol. The molecule has 6 heteroatoms. The minimum Gasteiger partial charge on any atom is -0.352 e. The van der Waals surface area contributed by atoms with Crippen molar-refractivity contribution in [1.29, 1.82) is 0 Å². The lowest BCUT2D eigenvalue weighted by Crippen LogP contribution is -2.48. The van der Waals surface area contributed by atoms with Gasteiger partial charge in [0.2, 0.25) is 11.8 Å². The molecule has 1 fully saturated rings. The third kappa shape index (κ3) is 5.22. The van der Waals surface area contributed by atoms with Crippen molar-refractivity contribution < 1.29 is 9.59 Å². The van der Waals surface area contributed by atoms with Crippen LogP contribution in [0.5, 0.6) is 0 Å². The summed E-state index contributed by atoms with van der Waals surface area (Å²) < 4.78 is 0. The van der Waals surface area contributed by atoms with Crippen molar-refractivity contribution in [1.82, 2.24) is 10.2 Å². The zero-order valence-corrected chi connectivity index (χ0v) is 14.4. The van der Waals surface area contributed by atoms with Gasteiger partial charge in [-0.25, -0.2) is 0 Å². The van der Waals surface area contributed by atoms with Gasteiger partial charge in [-0.05, 0) is 38.9 Å². The number of carbonyl (C=O) groups is 2. The Kier molecular flexibility index (Phi) is 6.42. The second kappa shape index (κ2) is 8.31. The Bertz CT molecular complexity index is 559. The predicted octanol–water partition coefficient (Wildman–Crippen LogP) is 2.66. The molecule has 0 unspecified atom stereocenters. The Morgan fingerprint density at radius 2 is 1.96 bits per heavy atom. The number of para-hydroxylation sites is 1. The van der Waals surface area contributed by atoms with E-state index in [2.05, 4.69) is 10.6 Å². The molecule has 23 heavy (non-hydrogen) atoms. The molecule has 0 spiro atoms. The molecule has 1 atom stereocenters. The molecule has 2 N–H and O–H groups in total. The van der Waals surface area contributed by atoms with Gasteiger partial charge in [-0.15, -0.1) is 0 Å². The molecular formula is C17H24ClN3O2. The fourth-order valence-corrected chi connectivity index (χ4v) is 2.89. The second-order valence-electron chi connectivity index (χ2n) is 6.11. The molecule has 2 amide bonds. The molecule has 0 radical (unpaired) electrons. The van der Waals surface area contributed by atoms with Gasteiger partial charge in [-0.3, -0.25) is 14.5 Å². The van der Waals surface area contributed by atoms with Gasteiger partial charge in [0.15, 0.2) is 0 Å². The van der Waals surface area contributed by atoms with Gasteiger partial charge in [0.1, 0.15) is 0 Å². The van der Waals surface area contributed by atoms with Crippen molar-refractivity contribution in [2.45, 2.75) is 44.7 Å². The molecule has 126 valence electrons. The van der Waals surface area contributed by atoms with Gasteiger partial charge in [0, 0.05) is 6.04 Å². The van der Waals surface area contributed by atoms with Gasteiger partial charge in [-0.2, -0.15) is 0 Å². The highest BCUT2D eigenvalue weighted by Crippen LogP contribution is 2.20. The highest BCUT2D eigenvalue weighted by molar-refractivity contribution is 6.33. The molecule has 1 aliphatic carbocycles. The first kappa shape index (κ1) is 17.8. The van der Waals surface area contributed by atoms with Crippen molar-refractivity contribution in [3.63, 3.8) is 0 Å². The number of hydrogen-bond donors (Lipinski definition) is 2. The summed E-state index contributed by atoms with van der Waals surface area (Å²) in [5.41, 5.74) is 0.579. The summed E-state index contributed by atoms with van der Waals surface area (Å²) in [7, 11) is 1.77. The Hall–Kier alpha value is -1.59. The van der Waals surface area contributed by atoms with Crippen LogP contribution in [0.3, 0.4) is 0 Å². The zero-order valence-electron chi connectivity index (χ0n) is 13.6. The molecule has 1 aromatic rings. The van der Waals surface area contributed by atoms with E-state index in [0.717, 1.165) is 12.8 Å². The Morgan fingerprint density at radius 3 is 2.61 bits per heavy atom. The van der Waals surface area contributed by atoms with Gasteiger partial charge < -0.3 is 10.6 Å². The summed E-state index contributed by atoms with van der Waals surface area (Å²) in [4.78, 5) is 26.1. The third-order valence-electron chi connectivity index (χ3n) is 4.28. The average molecular weight is 338 g/mol. The highest BCUT2D eigenvalue weighted by Gasteiger charge is 2.24. The molecule has 0 bridgehead atoms. The van der Waals surface area contributed by atoms with Crippen LogP contribution >= 0.6 is 11.6 Å². The van der Waals surface area contributed by atoms with Gasteiger partial charge >= 0.3 is 0 Å². The van der Waals surface area contributed by atoms with Crippen molar-refractivity contribution >= 4 is 29.1 Å². The van der Waals surface area contributed by atoms with Crippen LogP contribution in [-0.2, 0) is 9.59 Å². The maximum Gasteiger partial charge on any atom is 0.238 e. The minimum atomic E-state index is -0.354. The van der Waals surface area contributed by atoms with Gasteiger partial charge in [0.25, 0.3) is 0 Å². The highest BCUT2D eigenvalue weighted by atomic mass is 35.5. The number of nitrogens with one attached hydrogen (secondary N) is 2. The number of likely N-dealkylation sites (N-methyl/N-ethyl adjacent to an activating group) is 1. The van der Waals surface area contributed by atoms with E-state index >= 15 is 0 Å². The molecule has 0 saturated heterocycles. The first-order valence-corrected chi connectivity index (χ1v) is 8.40. The number of anilines is 1. The Labute approximate surface area is 142 Å². The van der Waals surface area contributed by atoms with Crippen molar-refractivity contribution in [3.8, 4) is 0 Å². The number of carbonyl (C=O) groups excluding carboxylic acids is 2.